The Labute approximate surface area is 150 Å². The Kier molecular flexibility index (Phi) is 5.99. The first-order valence-corrected chi connectivity index (χ1v) is 8.24. The number of piperidine rings is 1. The van der Waals surface area contributed by atoms with Gasteiger partial charge in [0.2, 0.25) is 5.91 Å². The lowest BCUT2D eigenvalue weighted by Crippen LogP contribution is -2.29. The fourth-order valence-corrected chi connectivity index (χ4v) is 3.22. The molecular weight excluding hydrogens is 338 g/mol. The van der Waals surface area contributed by atoms with Crippen molar-refractivity contribution in [3.05, 3.63) is 35.5 Å². The molecule has 0 atom stereocenters. The second-order valence-corrected chi connectivity index (χ2v) is 6.48. The Morgan fingerprint density at radius 1 is 1.08 bits per heavy atom. The van der Waals surface area contributed by atoms with E-state index >= 15 is 0 Å². The topological polar surface area (TPSA) is 126 Å². The molecule has 0 radical (unpaired) electrons. The molecule has 1 aliphatic rings. The minimum absolute atomic E-state index is 0.356. The number of amides is 1. The number of aromatic nitrogens is 1. The van der Waals surface area contributed by atoms with Gasteiger partial charge in [-0.3, -0.25) is 4.79 Å². The average molecular weight is 361 g/mol. The summed E-state index contributed by atoms with van der Waals surface area (Å²) in [5.74, 6) is -3.42. The fraction of sp³-hybridized carbons (Fsp3) is 0.389. The zero-order chi connectivity index (χ0) is 19.4. The molecule has 1 aromatic heterocycles. The lowest BCUT2D eigenvalue weighted by molar-refractivity contribution is -0.159. The van der Waals surface area contributed by atoms with Crippen molar-refractivity contribution < 1.29 is 24.6 Å². The highest BCUT2D eigenvalue weighted by Gasteiger charge is 2.22. The standard InChI is InChI=1S/C16H21N3O.C2H2O4/c1-18-7-5-11(6-8-18)14-10-19(2)15-4-3-12(16(17)20)9-13(14)15;3-1(4)2(5)6/h3-4,9-11H,5-8H2,1-2H3,(H2,17,20);(H,3,4)(H,5,6). The minimum atomic E-state index is -1.82. The predicted molar refractivity (Wildman–Crippen MR) is 96.2 cm³/mol. The summed E-state index contributed by atoms with van der Waals surface area (Å²) in [6.07, 6.45) is 4.57. The molecule has 1 aliphatic heterocycles. The van der Waals surface area contributed by atoms with Crippen LogP contribution in [0.1, 0.15) is 34.7 Å². The third-order valence-corrected chi connectivity index (χ3v) is 4.65. The highest BCUT2D eigenvalue weighted by molar-refractivity contribution is 6.27. The van der Waals surface area contributed by atoms with Crippen molar-refractivity contribution in [2.24, 2.45) is 12.8 Å². The molecule has 140 valence electrons. The number of fused-ring (bicyclic) bond motifs is 1. The van der Waals surface area contributed by atoms with Crippen molar-refractivity contribution in [1.29, 1.82) is 0 Å². The number of likely N-dealkylation sites (tertiary alicyclic amines) is 1. The van der Waals surface area contributed by atoms with Crippen LogP contribution in [-0.4, -0.2) is 57.7 Å². The summed E-state index contributed by atoms with van der Waals surface area (Å²) in [5.41, 5.74) is 8.53. The van der Waals surface area contributed by atoms with Gasteiger partial charge in [-0.05, 0) is 62.7 Å². The van der Waals surface area contributed by atoms with Gasteiger partial charge in [-0.2, -0.15) is 0 Å². The molecule has 2 aromatic rings. The van der Waals surface area contributed by atoms with Gasteiger partial charge in [0.1, 0.15) is 0 Å². The molecule has 1 amide bonds. The average Bonchev–Trinajstić information content (AvgIpc) is 2.92. The van der Waals surface area contributed by atoms with E-state index in [2.05, 4.69) is 29.8 Å². The van der Waals surface area contributed by atoms with Gasteiger partial charge in [-0.25, -0.2) is 9.59 Å². The Bertz CT molecular complexity index is 823. The summed E-state index contributed by atoms with van der Waals surface area (Å²) in [5, 5.41) is 16.0. The first-order valence-electron chi connectivity index (χ1n) is 8.24. The van der Waals surface area contributed by atoms with Crippen molar-refractivity contribution in [1.82, 2.24) is 9.47 Å². The van der Waals surface area contributed by atoms with E-state index in [1.54, 1.807) is 0 Å². The zero-order valence-corrected chi connectivity index (χ0v) is 14.8. The number of benzene rings is 1. The number of nitrogens with two attached hydrogens (primary N) is 1. The SMILES string of the molecule is CN1CCC(c2cn(C)c3ccc(C(N)=O)cc23)CC1.O=C(O)C(=O)O. The quantitative estimate of drug-likeness (QED) is 0.691. The molecule has 26 heavy (non-hydrogen) atoms. The maximum Gasteiger partial charge on any atom is 0.414 e. The van der Waals surface area contributed by atoms with Gasteiger partial charge in [0.05, 0.1) is 0 Å². The number of carboxylic acids is 2. The van der Waals surface area contributed by atoms with Crippen molar-refractivity contribution in [2.45, 2.75) is 18.8 Å². The molecular formula is C18H23N3O5. The van der Waals surface area contributed by atoms with Gasteiger partial charge >= 0.3 is 11.9 Å². The van der Waals surface area contributed by atoms with Crippen LogP contribution < -0.4 is 5.73 Å². The molecule has 8 nitrogen and oxygen atoms in total. The summed E-state index contributed by atoms with van der Waals surface area (Å²) in [4.78, 5) is 32.0. The van der Waals surface area contributed by atoms with E-state index in [1.165, 1.54) is 29.3 Å². The second kappa shape index (κ2) is 8.01. The normalized spacial score (nSPS) is 15.3. The van der Waals surface area contributed by atoms with Crippen LogP contribution >= 0.6 is 0 Å². The number of primary amides is 1. The van der Waals surface area contributed by atoms with Crippen molar-refractivity contribution in [3.8, 4) is 0 Å². The molecule has 2 heterocycles. The predicted octanol–water partition coefficient (Wildman–Crippen LogP) is 1.24. The van der Waals surface area contributed by atoms with E-state index in [4.69, 9.17) is 25.5 Å². The molecule has 0 saturated carbocycles. The maximum absolute atomic E-state index is 11.4. The van der Waals surface area contributed by atoms with Crippen molar-refractivity contribution in [2.75, 3.05) is 20.1 Å². The van der Waals surface area contributed by atoms with Crippen LogP contribution in [0.2, 0.25) is 0 Å². The zero-order valence-electron chi connectivity index (χ0n) is 14.8. The highest BCUT2D eigenvalue weighted by Crippen LogP contribution is 2.34. The van der Waals surface area contributed by atoms with Crippen LogP contribution in [0, 0.1) is 0 Å². The van der Waals surface area contributed by atoms with E-state index < -0.39 is 11.9 Å². The lowest BCUT2D eigenvalue weighted by Gasteiger charge is -2.28. The van der Waals surface area contributed by atoms with Gasteiger partial charge < -0.3 is 25.4 Å². The summed E-state index contributed by atoms with van der Waals surface area (Å²) in [6.45, 7) is 2.27. The first-order chi connectivity index (χ1) is 12.2. The lowest BCUT2D eigenvalue weighted by atomic mass is 9.89. The van der Waals surface area contributed by atoms with E-state index in [0.29, 0.717) is 11.5 Å². The Balaban J connectivity index is 0.000000352. The van der Waals surface area contributed by atoms with Crippen LogP contribution in [0.5, 0.6) is 0 Å². The van der Waals surface area contributed by atoms with Crippen molar-refractivity contribution in [3.63, 3.8) is 0 Å². The van der Waals surface area contributed by atoms with E-state index in [1.807, 2.05) is 18.2 Å². The van der Waals surface area contributed by atoms with Crippen LogP contribution in [0.25, 0.3) is 10.9 Å². The molecule has 0 bridgehead atoms. The third kappa shape index (κ3) is 4.40. The molecule has 3 rings (SSSR count). The fourth-order valence-electron chi connectivity index (χ4n) is 3.22. The number of hydrogen-bond donors (Lipinski definition) is 3. The van der Waals surface area contributed by atoms with Crippen LogP contribution in [0.15, 0.2) is 24.4 Å². The number of rotatable bonds is 2. The smallest absolute Gasteiger partial charge is 0.414 e. The number of carboxylic acid groups (broad SMARTS) is 2. The van der Waals surface area contributed by atoms with Gasteiger partial charge in [-0.1, -0.05) is 0 Å². The minimum Gasteiger partial charge on any atom is -0.473 e. The van der Waals surface area contributed by atoms with Crippen LogP contribution in [0.4, 0.5) is 0 Å². The number of carbonyl (C=O) groups is 3. The summed E-state index contributed by atoms with van der Waals surface area (Å²) in [7, 11) is 4.23. The molecule has 0 aliphatic carbocycles. The van der Waals surface area contributed by atoms with Gasteiger partial charge in [0.15, 0.2) is 0 Å². The van der Waals surface area contributed by atoms with Gasteiger partial charge in [0.25, 0.3) is 0 Å². The summed E-state index contributed by atoms with van der Waals surface area (Å²) in [6, 6.07) is 5.75. The monoisotopic (exact) mass is 361 g/mol. The van der Waals surface area contributed by atoms with Gasteiger partial charge in [0, 0.05) is 29.7 Å². The van der Waals surface area contributed by atoms with E-state index in [-0.39, 0.29) is 5.91 Å². The summed E-state index contributed by atoms with van der Waals surface area (Å²) >= 11 is 0. The molecule has 8 heteroatoms. The summed E-state index contributed by atoms with van der Waals surface area (Å²) < 4.78 is 2.15. The van der Waals surface area contributed by atoms with E-state index in [0.717, 1.165) is 13.1 Å². The highest BCUT2D eigenvalue weighted by atomic mass is 16.4. The Morgan fingerprint density at radius 3 is 2.15 bits per heavy atom. The third-order valence-electron chi connectivity index (χ3n) is 4.65. The molecule has 0 unspecified atom stereocenters. The molecule has 1 saturated heterocycles. The van der Waals surface area contributed by atoms with Gasteiger partial charge in [-0.15, -0.1) is 0 Å². The molecule has 1 aromatic carbocycles. The Hall–Kier alpha value is -2.87. The second-order valence-electron chi connectivity index (χ2n) is 6.48. The largest absolute Gasteiger partial charge is 0.473 e. The number of carbonyl (C=O) groups excluding carboxylic acids is 1. The number of hydrogen-bond acceptors (Lipinski definition) is 4. The first kappa shape index (κ1) is 19.5. The Morgan fingerprint density at radius 2 is 1.65 bits per heavy atom. The number of aryl methyl sites for hydroxylation is 1. The van der Waals surface area contributed by atoms with Crippen LogP contribution in [-0.2, 0) is 16.6 Å². The molecule has 0 spiro atoms. The van der Waals surface area contributed by atoms with Crippen molar-refractivity contribution >= 4 is 28.7 Å². The van der Waals surface area contributed by atoms with Crippen LogP contribution in [0.3, 0.4) is 0 Å². The number of nitrogens with zero attached hydrogens (tertiary/aromatic N) is 2. The molecule has 1 fully saturated rings. The van der Waals surface area contributed by atoms with E-state index in [9.17, 15) is 4.79 Å². The number of aliphatic carboxylic acids is 2. The molecule has 4 N–H and O–H groups in total. The maximum atomic E-state index is 11.4.